The fourth-order valence-corrected chi connectivity index (χ4v) is 5.09. The van der Waals surface area contributed by atoms with Crippen LogP contribution >= 0.6 is 35.0 Å². The maximum atomic E-state index is 12.9. The fraction of sp³-hybridized carbons (Fsp3) is 0.207. The van der Waals surface area contributed by atoms with Gasteiger partial charge in [-0.3, -0.25) is 19.3 Å². The zero-order valence-electron chi connectivity index (χ0n) is 22.0. The third-order valence-corrected chi connectivity index (χ3v) is 7.39. The highest BCUT2D eigenvalue weighted by Crippen LogP contribution is 2.39. The maximum absolute atomic E-state index is 12.9. The van der Waals surface area contributed by atoms with Gasteiger partial charge in [-0.1, -0.05) is 41.4 Å². The Balaban J connectivity index is 1.39. The van der Waals surface area contributed by atoms with Crippen molar-refractivity contribution in [3.05, 3.63) is 86.2 Å². The van der Waals surface area contributed by atoms with Gasteiger partial charge in [-0.05, 0) is 84.8 Å². The number of hydrogen-bond acceptors (Lipinski definition) is 7. The monoisotopic (exact) mass is 600 g/mol. The molecule has 11 heteroatoms. The smallest absolute Gasteiger partial charge is 0.293 e. The first-order chi connectivity index (χ1) is 19.1. The van der Waals surface area contributed by atoms with E-state index in [-0.39, 0.29) is 46.4 Å². The van der Waals surface area contributed by atoms with Crippen molar-refractivity contribution in [2.75, 3.05) is 32.2 Å². The summed E-state index contributed by atoms with van der Waals surface area (Å²) in [6.45, 7) is 3.77. The number of nitrogens with zero attached hydrogens (tertiary/aromatic N) is 1. The van der Waals surface area contributed by atoms with Gasteiger partial charge in [0.25, 0.3) is 17.1 Å². The van der Waals surface area contributed by atoms with Crippen LogP contribution in [0.5, 0.6) is 17.2 Å². The number of imide groups is 1. The van der Waals surface area contributed by atoms with Crippen molar-refractivity contribution in [3.8, 4) is 17.2 Å². The van der Waals surface area contributed by atoms with E-state index in [1.54, 1.807) is 36.4 Å². The first kappa shape index (κ1) is 29.3. The topological polar surface area (TPSA) is 94.2 Å². The zero-order chi connectivity index (χ0) is 28.8. The molecule has 3 aromatic rings. The summed E-state index contributed by atoms with van der Waals surface area (Å²) in [4.78, 5) is 39.2. The molecule has 0 aromatic heterocycles. The van der Waals surface area contributed by atoms with Crippen LogP contribution in [0.1, 0.15) is 16.7 Å². The van der Waals surface area contributed by atoms with Crippen molar-refractivity contribution in [1.29, 1.82) is 0 Å². The number of nitrogens with one attached hydrogen (secondary N) is 1. The van der Waals surface area contributed by atoms with Gasteiger partial charge >= 0.3 is 0 Å². The standard InChI is InChI=1S/C29H26Cl2N2O6S/c1-17-5-4-6-21(11-17)38-10-9-33-28(35)25(40-29(33)36)14-19-12-23(31)27(24(13-19)37-3)39-16-26(34)32-20-8-7-18(2)22(30)15-20/h4-8,11-15H,9-10,16H2,1-3H3,(H,32,34)/b25-14-. The van der Waals surface area contributed by atoms with Crippen LogP contribution in [0.2, 0.25) is 10.0 Å². The lowest BCUT2D eigenvalue weighted by Crippen LogP contribution is -2.32. The maximum Gasteiger partial charge on any atom is 0.293 e. The fourth-order valence-electron chi connectivity index (χ4n) is 3.77. The van der Waals surface area contributed by atoms with E-state index in [0.29, 0.717) is 22.0 Å². The van der Waals surface area contributed by atoms with Gasteiger partial charge < -0.3 is 19.5 Å². The number of benzene rings is 3. The summed E-state index contributed by atoms with van der Waals surface area (Å²) >= 11 is 13.4. The van der Waals surface area contributed by atoms with E-state index < -0.39 is 11.8 Å². The molecule has 0 unspecified atom stereocenters. The normalized spacial score (nSPS) is 14.0. The second kappa shape index (κ2) is 13.1. The Kier molecular flexibility index (Phi) is 9.63. The minimum absolute atomic E-state index is 0.115. The lowest BCUT2D eigenvalue weighted by atomic mass is 10.1. The second-order valence-corrected chi connectivity index (χ2v) is 10.6. The van der Waals surface area contributed by atoms with E-state index in [1.807, 2.05) is 38.1 Å². The Bertz CT molecular complexity index is 1490. The van der Waals surface area contributed by atoms with E-state index in [4.69, 9.17) is 37.4 Å². The molecule has 0 spiro atoms. The number of ether oxygens (including phenoxy) is 3. The summed E-state index contributed by atoms with van der Waals surface area (Å²) in [5, 5.41) is 3.03. The van der Waals surface area contributed by atoms with Gasteiger partial charge in [-0.25, -0.2) is 0 Å². The Labute approximate surface area is 246 Å². The molecule has 0 atom stereocenters. The van der Waals surface area contributed by atoms with Crippen LogP contribution in [0.15, 0.2) is 59.5 Å². The van der Waals surface area contributed by atoms with E-state index in [9.17, 15) is 14.4 Å². The van der Waals surface area contributed by atoms with Gasteiger partial charge in [0.2, 0.25) is 0 Å². The number of amides is 3. The van der Waals surface area contributed by atoms with Crippen LogP contribution in [0.25, 0.3) is 6.08 Å². The quantitative estimate of drug-likeness (QED) is 0.257. The molecule has 40 heavy (non-hydrogen) atoms. The molecule has 1 saturated heterocycles. The van der Waals surface area contributed by atoms with Gasteiger partial charge in [0.15, 0.2) is 18.1 Å². The molecule has 1 N–H and O–H groups in total. The Hall–Kier alpha value is -3.66. The molecule has 1 aliphatic heterocycles. The van der Waals surface area contributed by atoms with Gasteiger partial charge in [-0.15, -0.1) is 0 Å². The van der Waals surface area contributed by atoms with Gasteiger partial charge in [0.1, 0.15) is 12.4 Å². The van der Waals surface area contributed by atoms with Gasteiger partial charge in [-0.2, -0.15) is 0 Å². The molecule has 208 valence electrons. The van der Waals surface area contributed by atoms with Crippen LogP contribution in [-0.2, 0) is 9.59 Å². The predicted molar refractivity (Wildman–Crippen MR) is 158 cm³/mol. The number of aryl methyl sites for hydroxylation is 2. The van der Waals surface area contributed by atoms with Crippen LogP contribution in [-0.4, -0.2) is 48.8 Å². The van der Waals surface area contributed by atoms with Crippen molar-refractivity contribution in [2.24, 2.45) is 0 Å². The summed E-state index contributed by atoms with van der Waals surface area (Å²) in [6, 6.07) is 15.9. The molecular weight excluding hydrogens is 575 g/mol. The van der Waals surface area contributed by atoms with Crippen molar-refractivity contribution in [3.63, 3.8) is 0 Å². The lowest BCUT2D eigenvalue weighted by molar-refractivity contribution is -0.123. The van der Waals surface area contributed by atoms with Crippen LogP contribution < -0.4 is 19.5 Å². The van der Waals surface area contributed by atoms with Crippen LogP contribution in [0, 0.1) is 13.8 Å². The second-order valence-electron chi connectivity index (χ2n) is 8.83. The average Bonchev–Trinajstić information content (AvgIpc) is 3.17. The number of halogens is 2. The molecule has 8 nitrogen and oxygen atoms in total. The largest absolute Gasteiger partial charge is 0.493 e. The zero-order valence-corrected chi connectivity index (χ0v) is 24.3. The van der Waals surface area contributed by atoms with Crippen molar-refractivity contribution >= 4 is 63.8 Å². The molecule has 1 heterocycles. The van der Waals surface area contributed by atoms with Crippen molar-refractivity contribution in [2.45, 2.75) is 13.8 Å². The average molecular weight is 602 g/mol. The predicted octanol–water partition coefficient (Wildman–Crippen LogP) is 6.75. The van der Waals surface area contributed by atoms with E-state index in [2.05, 4.69) is 5.32 Å². The highest BCUT2D eigenvalue weighted by atomic mass is 35.5. The molecule has 0 aliphatic carbocycles. The van der Waals surface area contributed by atoms with E-state index in [1.165, 1.54) is 7.11 Å². The summed E-state index contributed by atoms with van der Waals surface area (Å²) in [7, 11) is 1.43. The minimum atomic E-state index is -0.425. The summed E-state index contributed by atoms with van der Waals surface area (Å²) < 4.78 is 16.7. The van der Waals surface area contributed by atoms with E-state index in [0.717, 1.165) is 27.8 Å². The molecule has 1 aliphatic rings. The van der Waals surface area contributed by atoms with Crippen molar-refractivity contribution < 1.29 is 28.6 Å². The van der Waals surface area contributed by atoms with Gasteiger partial charge in [0, 0.05) is 10.7 Å². The lowest BCUT2D eigenvalue weighted by Gasteiger charge is -2.14. The highest BCUT2D eigenvalue weighted by Gasteiger charge is 2.35. The molecule has 4 rings (SSSR count). The molecule has 1 fully saturated rings. The molecule has 0 bridgehead atoms. The highest BCUT2D eigenvalue weighted by molar-refractivity contribution is 8.18. The van der Waals surface area contributed by atoms with E-state index >= 15 is 0 Å². The SMILES string of the molecule is COc1cc(/C=C2\SC(=O)N(CCOc3cccc(C)c3)C2=O)cc(Cl)c1OCC(=O)Nc1ccc(C)c(Cl)c1. The van der Waals surface area contributed by atoms with Crippen molar-refractivity contribution in [1.82, 2.24) is 4.90 Å². The summed E-state index contributed by atoms with van der Waals surface area (Å²) in [6.07, 6.45) is 1.55. The number of carbonyl (C=O) groups excluding carboxylic acids is 3. The number of thioether (sulfide) groups is 1. The Morgan fingerprint density at radius 2 is 1.82 bits per heavy atom. The first-order valence-electron chi connectivity index (χ1n) is 12.2. The Morgan fingerprint density at radius 3 is 2.55 bits per heavy atom. The van der Waals surface area contributed by atoms with Crippen LogP contribution in [0.3, 0.4) is 0 Å². The molecule has 0 saturated carbocycles. The Morgan fingerprint density at radius 1 is 1.02 bits per heavy atom. The number of hydrogen-bond donors (Lipinski definition) is 1. The summed E-state index contributed by atoms with van der Waals surface area (Å²) in [5.41, 5.74) is 3.00. The van der Waals surface area contributed by atoms with Gasteiger partial charge in [0.05, 0.1) is 23.6 Å². The third kappa shape index (κ3) is 7.29. The van der Waals surface area contributed by atoms with Crippen LogP contribution in [0.4, 0.5) is 10.5 Å². The minimum Gasteiger partial charge on any atom is -0.493 e. The molecule has 3 amide bonds. The first-order valence-corrected chi connectivity index (χ1v) is 13.7. The molecule has 3 aromatic carbocycles. The molecular formula is C29H26Cl2N2O6S. The number of rotatable bonds is 10. The number of methoxy groups -OCH3 is 1. The number of carbonyl (C=O) groups is 3. The number of anilines is 1. The summed E-state index contributed by atoms with van der Waals surface area (Å²) in [5.74, 6) is 0.257. The molecule has 0 radical (unpaired) electrons. The third-order valence-electron chi connectivity index (χ3n) is 5.80.